The number of ether oxygens (including phenoxy) is 1. The average Bonchev–Trinajstić information content (AvgIpc) is 2.48. The lowest BCUT2D eigenvalue weighted by atomic mass is 10.1. The van der Waals surface area contributed by atoms with Gasteiger partial charge in [0.15, 0.2) is 0 Å². The molecule has 0 radical (unpaired) electrons. The average molecular weight is 277 g/mol. The summed E-state index contributed by atoms with van der Waals surface area (Å²) in [5.74, 6) is -0.105. The summed E-state index contributed by atoms with van der Waals surface area (Å²) >= 11 is 0. The van der Waals surface area contributed by atoms with E-state index in [9.17, 15) is 4.79 Å². The lowest BCUT2D eigenvalue weighted by Crippen LogP contribution is -2.36. The van der Waals surface area contributed by atoms with Gasteiger partial charge in [-0.3, -0.25) is 4.79 Å². The minimum Gasteiger partial charge on any atom is -0.398 e. The predicted octanol–water partition coefficient (Wildman–Crippen LogP) is 1.63. The summed E-state index contributed by atoms with van der Waals surface area (Å²) in [5.41, 5.74) is 8.02. The molecule has 5 nitrogen and oxygen atoms in total. The second-order valence-corrected chi connectivity index (χ2v) is 5.15. The first-order valence-electron chi connectivity index (χ1n) is 7.15. The summed E-state index contributed by atoms with van der Waals surface area (Å²) in [7, 11) is 0. The molecule has 0 spiro atoms. The molecule has 1 unspecified atom stereocenters. The maximum atomic E-state index is 12.2. The zero-order valence-corrected chi connectivity index (χ0v) is 12.2. The van der Waals surface area contributed by atoms with Crippen LogP contribution in [0.4, 0.5) is 11.4 Å². The van der Waals surface area contributed by atoms with Gasteiger partial charge in [0.25, 0.3) is 5.91 Å². The van der Waals surface area contributed by atoms with Crippen LogP contribution in [0.2, 0.25) is 0 Å². The number of nitrogens with two attached hydrogens (primary N) is 1. The van der Waals surface area contributed by atoms with Crippen LogP contribution in [0.1, 0.15) is 30.6 Å². The number of hydrogen-bond donors (Lipinski definition) is 2. The fourth-order valence-electron chi connectivity index (χ4n) is 2.16. The quantitative estimate of drug-likeness (QED) is 0.821. The van der Waals surface area contributed by atoms with Crippen molar-refractivity contribution in [2.75, 3.05) is 36.9 Å². The Morgan fingerprint density at radius 1 is 1.45 bits per heavy atom. The molecule has 3 N–H and O–H groups in total. The van der Waals surface area contributed by atoms with Gasteiger partial charge >= 0.3 is 0 Å². The van der Waals surface area contributed by atoms with E-state index in [0.29, 0.717) is 11.3 Å². The number of benzene rings is 1. The number of rotatable bonds is 4. The lowest BCUT2D eigenvalue weighted by molar-refractivity contribution is 0.0940. The first-order chi connectivity index (χ1) is 9.61. The lowest BCUT2D eigenvalue weighted by Gasteiger charge is -2.29. The smallest absolute Gasteiger partial charge is 0.253 e. The van der Waals surface area contributed by atoms with Gasteiger partial charge in [0.2, 0.25) is 0 Å². The van der Waals surface area contributed by atoms with Gasteiger partial charge in [-0.05, 0) is 31.5 Å². The van der Waals surface area contributed by atoms with Crippen molar-refractivity contribution < 1.29 is 9.53 Å². The van der Waals surface area contributed by atoms with Crippen molar-refractivity contribution in [2.45, 2.75) is 26.3 Å². The van der Waals surface area contributed by atoms with Gasteiger partial charge in [-0.15, -0.1) is 0 Å². The molecule has 1 atom stereocenters. The Bertz CT molecular complexity index is 470. The van der Waals surface area contributed by atoms with Crippen molar-refractivity contribution in [3.63, 3.8) is 0 Å². The SMILES string of the molecule is CCC(C)NC(=O)c1cc(N2CCOCC2)ccc1N. The second-order valence-electron chi connectivity index (χ2n) is 5.15. The van der Waals surface area contributed by atoms with Crippen LogP contribution in [0, 0.1) is 0 Å². The molecule has 1 fully saturated rings. The normalized spacial score (nSPS) is 16.8. The van der Waals surface area contributed by atoms with Crippen molar-refractivity contribution in [1.82, 2.24) is 5.32 Å². The minimum absolute atomic E-state index is 0.105. The van der Waals surface area contributed by atoms with Crippen LogP contribution in [-0.4, -0.2) is 38.3 Å². The monoisotopic (exact) mass is 277 g/mol. The molecular weight excluding hydrogens is 254 g/mol. The van der Waals surface area contributed by atoms with E-state index >= 15 is 0 Å². The molecule has 1 amide bonds. The Morgan fingerprint density at radius 3 is 2.80 bits per heavy atom. The number of morpholine rings is 1. The van der Waals surface area contributed by atoms with Crippen LogP contribution in [0.15, 0.2) is 18.2 Å². The number of anilines is 2. The third-order valence-corrected chi connectivity index (χ3v) is 3.65. The molecule has 2 rings (SSSR count). The summed E-state index contributed by atoms with van der Waals surface area (Å²) < 4.78 is 5.34. The Labute approximate surface area is 120 Å². The molecule has 0 saturated carbocycles. The fourth-order valence-corrected chi connectivity index (χ4v) is 2.16. The van der Waals surface area contributed by atoms with E-state index in [2.05, 4.69) is 10.2 Å². The second kappa shape index (κ2) is 6.61. The summed E-state index contributed by atoms with van der Waals surface area (Å²) in [5, 5.41) is 2.95. The largest absolute Gasteiger partial charge is 0.398 e. The molecular formula is C15H23N3O2. The molecule has 5 heteroatoms. The van der Waals surface area contributed by atoms with Gasteiger partial charge in [0.1, 0.15) is 0 Å². The van der Waals surface area contributed by atoms with Gasteiger partial charge in [-0.1, -0.05) is 6.92 Å². The Morgan fingerprint density at radius 2 is 2.15 bits per heavy atom. The molecule has 110 valence electrons. The Hall–Kier alpha value is -1.75. The van der Waals surface area contributed by atoms with E-state index in [0.717, 1.165) is 38.4 Å². The highest BCUT2D eigenvalue weighted by molar-refractivity contribution is 6.00. The van der Waals surface area contributed by atoms with Crippen LogP contribution in [0.5, 0.6) is 0 Å². The molecule has 20 heavy (non-hydrogen) atoms. The topological polar surface area (TPSA) is 67.6 Å². The highest BCUT2D eigenvalue weighted by atomic mass is 16.5. The van der Waals surface area contributed by atoms with Crippen LogP contribution in [0.3, 0.4) is 0 Å². The Balaban J connectivity index is 2.17. The maximum absolute atomic E-state index is 12.2. The number of carbonyl (C=O) groups is 1. The molecule has 0 bridgehead atoms. The third kappa shape index (κ3) is 3.42. The van der Waals surface area contributed by atoms with Crippen LogP contribution < -0.4 is 16.0 Å². The van der Waals surface area contributed by atoms with Crippen molar-refractivity contribution >= 4 is 17.3 Å². The zero-order chi connectivity index (χ0) is 14.5. The van der Waals surface area contributed by atoms with Crippen molar-refractivity contribution in [2.24, 2.45) is 0 Å². The standard InChI is InChI=1S/C15H23N3O2/c1-3-11(2)17-15(19)13-10-12(4-5-14(13)16)18-6-8-20-9-7-18/h4-5,10-11H,3,6-9,16H2,1-2H3,(H,17,19). The van der Waals surface area contributed by atoms with Crippen LogP contribution in [0.25, 0.3) is 0 Å². The molecule has 1 aromatic carbocycles. The van der Waals surface area contributed by atoms with E-state index in [1.165, 1.54) is 0 Å². The maximum Gasteiger partial charge on any atom is 0.253 e. The summed E-state index contributed by atoms with van der Waals surface area (Å²) in [4.78, 5) is 14.4. The van der Waals surface area contributed by atoms with Crippen LogP contribution >= 0.6 is 0 Å². The van der Waals surface area contributed by atoms with E-state index in [1.54, 1.807) is 6.07 Å². The number of hydrogen-bond acceptors (Lipinski definition) is 4. The minimum atomic E-state index is -0.105. The summed E-state index contributed by atoms with van der Waals surface area (Å²) in [6.07, 6.45) is 0.898. The van der Waals surface area contributed by atoms with Crippen molar-refractivity contribution in [3.05, 3.63) is 23.8 Å². The van der Waals surface area contributed by atoms with Crippen molar-refractivity contribution in [3.8, 4) is 0 Å². The summed E-state index contributed by atoms with van der Waals surface area (Å²) in [6.45, 7) is 7.16. The van der Waals surface area contributed by atoms with Crippen LogP contribution in [-0.2, 0) is 4.74 Å². The zero-order valence-electron chi connectivity index (χ0n) is 12.2. The number of nitrogen functional groups attached to an aromatic ring is 1. The highest BCUT2D eigenvalue weighted by Crippen LogP contribution is 2.22. The fraction of sp³-hybridized carbons (Fsp3) is 0.533. The molecule has 1 heterocycles. The molecule has 1 aliphatic rings. The third-order valence-electron chi connectivity index (χ3n) is 3.65. The Kier molecular flexibility index (Phi) is 4.84. The predicted molar refractivity (Wildman–Crippen MR) is 81.1 cm³/mol. The molecule has 0 aromatic heterocycles. The first kappa shape index (κ1) is 14.7. The number of amides is 1. The molecule has 1 saturated heterocycles. The van der Waals surface area contributed by atoms with E-state index in [4.69, 9.17) is 10.5 Å². The van der Waals surface area contributed by atoms with E-state index in [1.807, 2.05) is 26.0 Å². The number of nitrogens with zero attached hydrogens (tertiary/aromatic N) is 1. The number of nitrogens with one attached hydrogen (secondary N) is 1. The first-order valence-corrected chi connectivity index (χ1v) is 7.15. The van der Waals surface area contributed by atoms with Gasteiger partial charge in [-0.25, -0.2) is 0 Å². The highest BCUT2D eigenvalue weighted by Gasteiger charge is 2.16. The van der Waals surface area contributed by atoms with E-state index < -0.39 is 0 Å². The summed E-state index contributed by atoms with van der Waals surface area (Å²) in [6, 6.07) is 5.78. The van der Waals surface area contributed by atoms with Gasteiger partial charge < -0.3 is 20.7 Å². The van der Waals surface area contributed by atoms with Crippen molar-refractivity contribution in [1.29, 1.82) is 0 Å². The molecule has 0 aliphatic carbocycles. The molecule has 1 aliphatic heterocycles. The number of carbonyl (C=O) groups excluding carboxylic acids is 1. The van der Waals surface area contributed by atoms with E-state index in [-0.39, 0.29) is 11.9 Å². The van der Waals surface area contributed by atoms with Gasteiger partial charge in [0.05, 0.1) is 18.8 Å². The van der Waals surface area contributed by atoms with Gasteiger partial charge in [-0.2, -0.15) is 0 Å². The van der Waals surface area contributed by atoms with Gasteiger partial charge in [0, 0.05) is 30.5 Å². The molecule has 1 aromatic rings.